The van der Waals surface area contributed by atoms with E-state index < -0.39 is 35.4 Å². The van der Waals surface area contributed by atoms with Gasteiger partial charge in [-0.05, 0) is 30.7 Å². The second-order valence-electron chi connectivity index (χ2n) is 9.72. The number of halogens is 3. The normalized spacial score (nSPS) is 16.4. The number of fused-ring (bicyclic) bond motifs is 2. The number of rotatable bonds is 7. The number of benzene rings is 3. The quantitative estimate of drug-likeness (QED) is 0.297. The van der Waals surface area contributed by atoms with Gasteiger partial charge in [-0.1, -0.05) is 23.7 Å². The molecule has 3 aromatic carbocycles. The van der Waals surface area contributed by atoms with E-state index in [2.05, 4.69) is 20.6 Å². The third-order valence-corrected chi connectivity index (χ3v) is 7.53. The van der Waals surface area contributed by atoms with Crippen LogP contribution in [0, 0.1) is 11.6 Å². The SMILES string of the molecule is COc1cc2ncnc(Nc3cccc(Cl)c3F)c2cc1OCc1ccc2c(c1F)CN(C1CCC(=O)NC1=O)C2=O. The Bertz CT molecular complexity index is 1790. The zero-order valence-corrected chi connectivity index (χ0v) is 22.8. The number of carbonyl (C=O) groups is 3. The van der Waals surface area contributed by atoms with E-state index in [9.17, 15) is 18.8 Å². The Morgan fingerprint density at radius 3 is 2.71 bits per heavy atom. The largest absolute Gasteiger partial charge is 0.493 e. The van der Waals surface area contributed by atoms with Gasteiger partial charge in [0.05, 0.1) is 29.9 Å². The van der Waals surface area contributed by atoms with Crippen molar-refractivity contribution in [3.8, 4) is 11.5 Å². The number of aromatic nitrogens is 2. The van der Waals surface area contributed by atoms with E-state index in [0.29, 0.717) is 16.7 Å². The van der Waals surface area contributed by atoms with E-state index in [0.717, 1.165) is 0 Å². The molecule has 6 rings (SSSR count). The predicted octanol–water partition coefficient (Wildman–Crippen LogP) is 4.65. The molecule has 2 aliphatic heterocycles. The average Bonchev–Trinajstić information content (AvgIpc) is 3.31. The molecule has 42 heavy (non-hydrogen) atoms. The molecular formula is C29H22ClF2N5O5. The Morgan fingerprint density at radius 1 is 1.10 bits per heavy atom. The minimum atomic E-state index is -0.853. The van der Waals surface area contributed by atoms with Gasteiger partial charge in [0, 0.05) is 34.6 Å². The van der Waals surface area contributed by atoms with Gasteiger partial charge in [0.25, 0.3) is 5.91 Å². The highest BCUT2D eigenvalue weighted by Crippen LogP contribution is 2.37. The van der Waals surface area contributed by atoms with Crippen LogP contribution < -0.4 is 20.1 Å². The summed E-state index contributed by atoms with van der Waals surface area (Å²) in [5.41, 5.74) is 1.08. The van der Waals surface area contributed by atoms with Crippen LogP contribution in [0.15, 0.2) is 48.8 Å². The first-order valence-electron chi connectivity index (χ1n) is 12.9. The molecule has 1 aromatic heterocycles. The van der Waals surface area contributed by atoms with Crippen molar-refractivity contribution in [1.82, 2.24) is 20.2 Å². The summed E-state index contributed by atoms with van der Waals surface area (Å²) in [6, 6.07) is 9.84. The van der Waals surface area contributed by atoms with Crippen molar-refractivity contribution in [1.29, 1.82) is 0 Å². The van der Waals surface area contributed by atoms with Crippen LogP contribution in [-0.4, -0.2) is 45.7 Å². The summed E-state index contributed by atoms with van der Waals surface area (Å²) in [6.45, 7) is -0.321. The smallest absolute Gasteiger partial charge is 0.255 e. The maximum Gasteiger partial charge on any atom is 0.255 e. The number of hydrogen-bond donors (Lipinski definition) is 2. The van der Waals surface area contributed by atoms with Crippen LogP contribution in [0.25, 0.3) is 10.9 Å². The molecule has 0 aliphatic carbocycles. The van der Waals surface area contributed by atoms with Crippen molar-refractivity contribution in [3.05, 3.63) is 82.1 Å². The summed E-state index contributed by atoms with van der Waals surface area (Å²) in [7, 11) is 1.45. The van der Waals surface area contributed by atoms with Gasteiger partial charge in [-0.25, -0.2) is 18.7 Å². The van der Waals surface area contributed by atoms with Crippen LogP contribution in [0.1, 0.15) is 34.3 Å². The lowest BCUT2D eigenvalue weighted by molar-refractivity contribution is -0.136. The zero-order chi connectivity index (χ0) is 29.5. The van der Waals surface area contributed by atoms with Gasteiger partial charge in [-0.2, -0.15) is 0 Å². The second kappa shape index (κ2) is 10.9. The number of piperidine rings is 1. The lowest BCUT2D eigenvalue weighted by atomic mass is 10.0. The highest BCUT2D eigenvalue weighted by Gasteiger charge is 2.40. The van der Waals surface area contributed by atoms with Crippen molar-refractivity contribution in [2.24, 2.45) is 0 Å². The topological polar surface area (TPSA) is 123 Å². The Hall–Kier alpha value is -4.84. The van der Waals surface area contributed by atoms with Crippen molar-refractivity contribution in [3.63, 3.8) is 0 Å². The molecule has 1 atom stereocenters. The van der Waals surface area contributed by atoms with E-state index in [1.54, 1.807) is 18.2 Å². The van der Waals surface area contributed by atoms with Crippen LogP contribution in [-0.2, 0) is 22.7 Å². The number of methoxy groups -OCH3 is 1. The van der Waals surface area contributed by atoms with Crippen molar-refractivity contribution in [2.45, 2.75) is 32.0 Å². The predicted molar refractivity (Wildman–Crippen MR) is 148 cm³/mol. The second-order valence-corrected chi connectivity index (χ2v) is 10.1. The molecule has 4 aromatic rings. The molecule has 3 amide bonds. The van der Waals surface area contributed by atoms with Crippen LogP contribution >= 0.6 is 11.6 Å². The highest BCUT2D eigenvalue weighted by molar-refractivity contribution is 6.31. The number of nitrogens with zero attached hydrogens (tertiary/aromatic N) is 3. The fourth-order valence-electron chi connectivity index (χ4n) is 5.08. The van der Waals surface area contributed by atoms with Gasteiger partial charge in [-0.15, -0.1) is 0 Å². The molecule has 0 bridgehead atoms. The van der Waals surface area contributed by atoms with Gasteiger partial charge in [-0.3, -0.25) is 19.7 Å². The molecule has 2 N–H and O–H groups in total. The van der Waals surface area contributed by atoms with E-state index in [1.165, 1.54) is 42.6 Å². The number of hydrogen-bond acceptors (Lipinski definition) is 8. The first-order chi connectivity index (χ1) is 20.2. The molecule has 10 nitrogen and oxygen atoms in total. The summed E-state index contributed by atoms with van der Waals surface area (Å²) in [5, 5.41) is 5.58. The molecule has 214 valence electrons. The fourth-order valence-corrected chi connectivity index (χ4v) is 5.26. The first kappa shape index (κ1) is 27.3. The van der Waals surface area contributed by atoms with Crippen LogP contribution in [0.3, 0.4) is 0 Å². The van der Waals surface area contributed by atoms with Crippen LogP contribution in [0.4, 0.5) is 20.3 Å². The Morgan fingerprint density at radius 2 is 1.93 bits per heavy atom. The maximum atomic E-state index is 15.6. The standard InChI is InChI=1S/C29H22ClF2N5O5/c1-41-22-10-20-16(27(34-13-33-20)35-19-4-2-3-18(30)26(19)32)9-23(22)42-12-14-5-6-15-17(25(14)31)11-37(29(15)40)21-7-8-24(38)36-28(21)39/h2-6,9-10,13,21H,7-8,11-12H2,1H3,(H,33,34,35)(H,36,38,39). The summed E-state index contributed by atoms with van der Waals surface area (Å²) >= 11 is 5.91. The molecule has 2 aliphatic rings. The van der Waals surface area contributed by atoms with Gasteiger partial charge in [0.2, 0.25) is 11.8 Å². The van der Waals surface area contributed by atoms with Gasteiger partial charge < -0.3 is 19.7 Å². The fraction of sp³-hybridized carbons (Fsp3) is 0.207. The third-order valence-electron chi connectivity index (χ3n) is 7.24. The Kier molecular flexibility index (Phi) is 7.07. The molecule has 13 heteroatoms. The lowest BCUT2D eigenvalue weighted by Crippen LogP contribution is -2.52. The highest BCUT2D eigenvalue weighted by atomic mass is 35.5. The maximum absolute atomic E-state index is 15.6. The van der Waals surface area contributed by atoms with Crippen LogP contribution in [0.2, 0.25) is 5.02 Å². The number of ether oxygens (including phenoxy) is 2. The van der Waals surface area contributed by atoms with Crippen molar-refractivity contribution in [2.75, 3.05) is 12.4 Å². The number of imide groups is 1. The molecule has 0 radical (unpaired) electrons. The monoisotopic (exact) mass is 593 g/mol. The number of anilines is 2. The summed E-state index contributed by atoms with van der Waals surface area (Å²) < 4.78 is 41.6. The number of carbonyl (C=O) groups excluding carboxylic acids is 3. The Balaban J connectivity index is 1.26. The first-order valence-corrected chi connectivity index (χ1v) is 13.2. The summed E-state index contributed by atoms with van der Waals surface area (Å²) in [4.78, 5) is 46.6. The molecular weight excluding hydrogens is 572 g/mol. The zero-order valence-electron chi connectivity index (χ0n) is 22.0. The minimum Gasteiger partial charge on any atom is -0.493 e. The third kappa shape index (κ3) is 4.83. The molecule has 0 saturated carbocycles. The minimum absolute atomic E-state index is 0.0534. The van der Waals surface area contributed by atoms with Crippen molar-refractivity contribution < 1.29 is 32.6 Å². The molecule has 3 heterocycles. The van der Waals surface area contributed by atoms with E-state index >= 15 is 4.39 Å². The molecule has 1 fully saturated rings. The summed E-state index contributed by atoms with van der Waals surface area (Å²) in [5.74, 6) is -1.87. The number of amides is 3. The van der Waals surface area contributed by atoms with E-state index in [4.69, 9.17) is 21.1 Å². The van der Waals surface area contributed by atoms with Gasteiger partial charge in [0.1, 0.15) is 30.6 Å². The van der Waals surface area contributed by atoms with Crippen LogP contribution in [0.5, 0.6) is 11.5 Å². The molecule has 1 unspecified atom stereocenters. The van der Waals surface area contributed by atoms with E-state index in [-0.39, 0.29) is 65.0 Å². The molecule has 0 spiro atoms. The van der Waals surface area contributed by atoms with Crippen molar-refractivity contribution >= 4 is 51.7 Å². The average molecular weight is 594 g/mol. The van der Waals surface area contributed by atoms with Gasteiger partial charge in [0.15, 0.2) is 17.3 Å². The number of nitrogens with one attached hydrogen (secondary N) is 2. The Labute approximate surface area is 242 Å². The lowest BCUT2D eigenvalue weighted by Gasteiger charge is -2.29. The summed E-state index contributed by atoms with van der Waals surface area (Å²) in [6.07, 6.45) is 1.59. The van der Waals surface area contributed by atoms with Gasteiger partial charge >= 0.3 is 0 Å². The molecule has 1 saturated heterocycles. The van der Waals surface area contributed by atoms with E-state index in [1.807, 2.05) is 0 Å².